The van der Waals surface area contributed by atoms with E-state index in [9.17, 15) is 23.4 Å². The van der Waals surface area contributed by atoms with Gasteiger partial charge in [0.2, 0.25) is 10.0 Å². The van der Waals surface area contributed by atoms with Crippen LogP contribution in [0.4, 0.5) is 0 Å². The summed E-state index contributed by atoms with van der Waals surface area (Å²) in [5.74, 6) is -1.07. The van der Waals surface area contributed by atoms with Gasteiger partial charge in [-0.25, -0.2) is 18.4 Å². The van der Waals surface area contributed by atoms with Crippen LogP contribution in [0.5, 0.6) is 23.0 Å². The smallest absolute Gasteiger partial charge is 0.340 e. The van der Waals surface area contributed by atoms with Crippen molar-refractivity contribution in [3.8, 4) is 23.0 Å². The molecule has 2 aliphatic rings. The van der Waals surface area contributed by atoms with E-state index in [1.807, 2.05) is 0 Å². The van der Waals surface area contributed by atoms with Crippen molar-refractivity contribution in [1.82, 2.24) is 0 Å². The van der Waals surface area contributed by atoms with E-state index in [1.165, 1.54) is 24.3 Å². The molecule has 1 spiro atoms. The minimum absolute atomic E-state index is 0.0192. The summed E-state index contributed by atoms with van der Waals surface area (Å²) in [5.41, 5.74) is -0.726. The van der Waals surface area contributed by atoms with Gasteiger partial charge in [0.05, 0.1) is 16.0 Å². The van der Waals surface area contributed by atoms with Gasteiger partial charge in [-0.05, 0) is 18.2 Å². The van der Waals surface area contributed by atoms with E-state index >= 15 is 0 Å². The van der Waals surface area contributed by atoms with Crippen LogP contribution in [0.25, 0.3) is 0 Å². The first-order chi connectivity index (χ1) is 13.7. The first-order valence-electron chi connectivity index (χ1n) is 8.46. The Balaban J connectivity index is 1.99. The SMILES string of the molecule is NS(=O)(=O)c1cc(O)cc2c1C1(OC(=O)c3ccccc31)c1ccc(O)cc1O2. The van der Waals surface area contributed by atoms with Gasteiger partial charge >= 0.3 is 5.97 Å². The summed E-state index contributed by atoms with van der Waals surface area (Å²) in [5, 5.41) is 25.4. The Labute approximate surface area is 164 Å². The number of esters is 1. The van der Waals surface area contributed by atoms with Crippen LogP contribution in [0.3, 0.4) is 0 Å². The summed E-state index contributed by atoms with van der Waals surface area (Å²) in [6.07, 6.45) is 0. The first kappa shape index (κ1) is 17.5. The van der Waals surface area contributed by atoms with E-state index in [4.69, 9.17) is 14.6 Å². The van der Waals surface area contributed by atoms with Crippen molar-refractivity contribution in [3.63, 3.8) is 0 Å². The van der Waals surface area contributed by atoms with Crippen LogP contribution in [0.1, 0.15) is 27.0 Å². The molecule has 3 aromatic carbocycles. The molecule has 0 fully saturated rings. The number of phenols is 2. The molecule has 1 unspecified atom stereocenters. The summed E-state index contributed by atoms with van der Waals surface area (Å²) in [6.45, 7) is 0. The van der Waals surface area contributed by atoms with Crippen LogP contribution >= 0.6 is 0 Å². The van der Waals surface area contributed by atoms with Gasteiger partial charge in [0.25, 0.3) is 0 Å². The zero-order valence-electron chi connectivity index (χ0n) is 14.6. The molecular weight excluding hydrogens is 398 g/mol. The van der Waals surface area contributed by atoms with Crippen molar-refractivity contribution in [3.05, 3.63) is 76.9 Å². The second kappa shape index (κ2) is 5.49. The lowest BCUT2D eigenvalue weighted by Gasteiger charge is -2.37. The van der Waals surface area contributed by atoms with Crippen molar-refractivity contribution < 1.29 is 32.9 Å². The van der Waals surface area contributed by atoms with Crippen molar-refractivity contribution in [1.29, 1.82) is 0 Å². The number of rotatable bonds is 1. The van der Waals surface area contributed by atoms with Gasteiger partial charge in [0.15, 0.2) is 5.60 Å². The zero-order valence-corrected chi connectivity index (χ0v) is 15.4. The van der Waals surface area contributed by atoms with E-state index in [1.54, 1.807) is 24.3 Å². The van der Waals surface area contributed by atoms with Gasteiger partial charge in [0, 0.05) is 29.3 Å². The Morgan fingerprint density at radius 1 is 0.897 bits per heavy atom. The number of carbonyl (C=O) groups excluding carboxylic acids is 1. The summed E-state index contributed by atoms with van der Waals surface area (Å²) < 4.78 is 36.4. The highest BCUT2D eigenvalue weighted by molar-refractivity contribution is 7.89. The number of sulfonamides is 1. The average molecular weight is 411 g/mol. The molecule has 8 nitrogen and oxygen atoms in total. The number of carbonyl (C=O) groups is 1. The van der Waals surface area contributed by atoms with Crippen molar-refractivity contribution in [2.45, 2.75) is 10.5 Å². The lowest BCUT2D eigenvalue weighted by Crippen LogP contribution is -2.35. The molecular formula is C20H13NO7S. The minimum Gasteiger partial charge on any atom is -0.508 e. The van der Waals surface area contributed by atoms with Crippen LogP contribution in [0, 0.1) is 0 Å². The molecule has 4 N–H and O–H groups in total. The molecule has 0 amide bonds. The molecule has 29 heavy (non-hydrogen) atoms. The molecule has 0 aliphatic carbocycles. The van der Waals surface area contributed by atoms with Crippen LogP contribution in [0.2, 0.25) is 0 Å². The fourth-order valence-electron chi connectivity index (χ4n) is 3.97. The summed E-state index contributed by atoms with van der Waals surface area (Å²) in [4.78, 5) is 12.3. The maximum absolute atomic E-state index is 12.7. The highest BCUT2D eigenvalue weighted by Gasteiger charge is 2.55. The molecule has 0 saturated carbocycles. The maximum atomic E-state index is 12.7. The van der Waals surface area contributed by atoms with Gasteiger partial charge in [0.1, 0.15) is 23.0 Å². The standard InChI is InChI=1S/C20H13NO7S/c21-29(25,26)17-9-11(23)8-16-18(17)20(14-6-5-10(22)7-15(14)27-16)13-4-2-1-3-12(13)19(24)28-20/h1-9,22-23H,(H2,21,25,26). The van der Waals surface area contributed by atoms with E-state index in [-0.39, 0.29) is 28.4 Å². The average Bonchev–Trinajstić information content (AvgIpc) is 2.93. The Kier molecular flexibility index (Phi) is 3.32. The topological polar surface area (TPSA) is 136 Å². The van der Waals surface area contributed by atoms with Crippen molar-refractivity contribution in [2.24, 2.45) is 5.14 Å². The molecule has 0 radical (unpaired) electrons. The normalized spacial score (nSPS) is 19.1. The third kappa shape index (κ3) is 2.28. The van der Waals surface area contributed by atoms with Gasteiger partial charge in [-0.2, -0.15) is 0 Å². The number of ether oxygens (including phenoxy) is 2. The third-order valence-corrected chi connectivity index (χ3v) is 5.98. The van der Waals surface area contributed by atoms with Crippen LogP contribution in [-0.4, -0.2) is 24.6 Å². The fraction of sp³-hybridized carbons (Fsp3) is 0.0500. The number of benzene rings is 3. The number of aromatic hydroxyl groups is 2. The highest BCUT2D eigenvalue weighted by Crippen LogP contribution is 2.58. The Morgan fingerprint density at radius 2 is 1.62 bits per heavy atom. The van der Waals surface area contributed by atoms with E-state index in [2.05, 4.69) is 0 Å². The van der Waals surface area contributed by atoms with E-state index in [0.29, 0.717) is 11.1 Å². The highest BCUT2D eigenvalue weighted by atomic mass is 32.2. The molecule has 1 atom stereocenters. The molecule has 146 valence electrons. The van der Waals surface area contributed by atoms with Crippen molar-refractivity contribution in [2.75, 3.05) is 0 Å². The van der Waals surface area contributed by atoms with Crippen molar-refractivity contribution >= 4 is 16.0 Å². The number of primary sulfonamides is 1. The monoisotopic (exact) mass is 411 g/mol. The molecule has 9 heteroatoms. The zero-order chi connectivity index (χ0) is 20.6. The second-order valence-electron chi connectivity index (χ2n) is 6.76. The van der Waals surface area contributed by atoms with Gasteiger partial charge in [-0.15, -0.1) is 0 Å². The number of nitrogens with two attached hydrogens (primary N) is 1. The minimum atomic E-state index is -4.34. The van der Waals surface area contributed by atoms with Crippen LogP contribution in [-0.2, 0) is 20.4 Å². The predicted octanol–water partition coefficient (Wildman–Crippen LogP) is 2.31. The second-order valence-corrected chi connectivity index (χ2v) is 8.29. The molecule has 2 heterocycles. The fourth-order valence-corrected chi connectivity index (χ4v) is 4.78. The Bertz CT molecular complexity index is 1330. The molecule has 3 aromatic rings. The number of fused-ring (bicyclic) bond motifs is 6. The number of phenolic OH excluding ortho intramolecular Hbond substituents is 2. The lowest BCUT2D eigenvalue weighted by atomic mass is 9.77. The van der Waals surface area contributed by atoms with Crippen LogP contribution < -0.4 is 9.88 Å². The van der Waals surface area contributed by atoms with Gasteiger partial charge < -0.3 is 19.7 Å². The molecule has 5 rings (SSSR count). The largest absolute Gasteiger partial charge is 0.508 e. The quantitative estimate of drug-likeness (QED) is 0.523. The molecule has 0 bridgehead atoms. The lowest BCUT2D eigenvalue weighted by molar-refractivity contribution is 0.0214. The molecule has 2 aliphatic heterocycles. The first-order valence-corrected chi connectivity index (χ1v) is 10.0. The number of hydrogen-bond acceptors (Lipinski definition) is 7. The number of hydrogen-bond donors (Lipinski definition) is 3. The predicted molar refractivity (Wildman–Crippen MR) is 99.4 cm³/mol. The maximum Gasteiger partial charge on any atom is 0.340 e. The Morgan fingerprint density at radius 3 is 2.38 bits per heavy atom. The Hall–Kier alpha value is -3.56. The van der Waals surface area contributed by atoms with Gasteiger partial charge in [-0.1, -0.05) is 18.2 Å². The summed E-state index contributed by atoms with van der Waals surface area (Å²) in [7, 11) is -4.34. The third-order valence-electron chi connectivity index (χ3n) is 5.05. The molecule has 0 aromatic heterocycles. The summed E-state index contributed by atoms with van der Waals surface area (Å²) in [6, 6.07) is 12.9. The van der Waals surface area contributed by atoms with Crippen LogP contribution in [0.15, 0.2) is 59.5 Å². The summed E-state index contributed by atoms with van der Waals surface area (Å²) >= 11 is 0. The van der Waals surface area contributed by atoms with E-state index < -0.39 is 32.2 Å². The van der Waals surface area contributed by atoms with Gasteiger partial charge in [-0.3, -0.25) is 0 Å². The van der Waals surface area contributed by atoms with E-state index in [0.717, 1.165) is 6.07 Å². The molecule has 0 saturated heterocycles.